The van der Waals surface area contributed by atoms with E-state index in [0.29, 0.717) is 52.9 Å². The number of hydrogen-bond donors (Lipinski definition) is 0. The summed E-state index contributed by atoms with van der Waals surface area (Å²) in [7, 11) is 0. The van der Waals surface area contributed by atoms with Gasteiger partial charge in [-0.15, -0.1) is 0 Å². The van der Waals surface area contributed by atoms with E-state index in [1.165, 1.54) is 44.1 Å². The zero-order valence-corrected chi connectivity index (χ0v) is 34.6. The smallest absolute Gasteiger partial charge is 0.326 e. The van der Waals surface area contributed by atoms with Crippen LogP contribution in [0.1, 0.15) is 33.6 Å². The molecule has 0 unspecified atom stereocenters. The summed E-state index contributed by atoms with van der Waals surface area (Å²) in [5.41, 5.74) is 7.15. The predicted octanol–water partition coefficient (Wildman–Crippen LogP) is 10.1. The maximum atomic E-state index is 6.16. The number of rotatable bonds is 0. The molecule has 3 aliphatic heterocycles. The Labute approximate surface area is 348 Å². The number of imidazole rings is 1. The lowest BCUT2D eigenvalue weighted by Gasteiger charge is -2.10. The Hall–Kier alpha value is -5.61. The molecule has 3 aliphatic rings. The predicted molar refractivity (Wildman–Crippen MR) is 231 cm³/mol. The topological polar surface area (TPSA) is 64.2 Å². The van der Waals surface area contributed by atoms with Crippen molar-refractivity contribution in [1.82, 2.24) is 4.57 Å². The van der Waals surface area contributed by atoms with Crippen LogP contribution in [0.5, 0.6) is 23.0 Å². The van der Waals surface area contributed by atoms with Crippen LogP contribution in [0, 0.1) is 13.8 Å². The second kappa shape index (κ2) is 18.8. The summed E-state index contributed by atoms with van der Waals surface area (Å²) in [5.74, 6) is 3.13. The van der Waals surface area contributed by atoms with Crippen LogP contribution in [0.25, 0.3) is 21.5 Å². The molecule has 12 bridgehead atoms. The van der Waals surface area contributed by atoms with E-state index in [4.69, 9.17) is 28.4 Å². The normalized spacial score (nSPS) is 14.8. The van der Waals surface area contributed by atoms with Gasteiger partial charge in [-0.1, -0.05) is 60.7 Å². The minimum Gasteiger partial charge on any atom is -0.491 e. The SMILES string of the molecule is Cc1c(C)[n+]2c(Br)n1Cc1ccc3ccc(cc3c1)COc1ccc(cc1)OCCOCC=CCOCCOc1ccc(cc1)OCc1ccc3ccc(cc3c1)C2. The Morgan fingerprint density at radius 3 is 1.43 bits per heavy atom. The van der Waals surface area contributed by atoms with Crippen molar-refractivity contribution < 1.29 is 33.0 Å². The van der Waals surface area contributed by atoms with Gasteiger partial charge >= 0.3 is 4.73 Å². The fraction of sp³-hybridized carbons (Fsp3) is 0.245. The molecule has 296 valence electrons. The van der Waals surface area contributed by atoms with E-state index in [1.54, 1.807) is 0 Å². The molecule has 0 saturated heterocycles. The largest absolute Gasteiger partial charge is 0.491 e. The highest BCUT2D eigenvalue weighted by molar-refractivity contribution is 9.10. The molecule has 0 radical (unpaired) electrons. The van der Waals surface area contributed by atoms with Crippen molar-refractivity contribution in [2.45, 2.75) is 40.2 Å². The molecule has 10 rings (SSSR count). The van der Waals surface area contributed by atoms with Crippen LogP contribution in [-0.2, 0) is 35.8 Å². The van der Waals surface area contributed by atoms with Crippen molar-refractivity contribution in [1.29, 1.82) is 0 Å². The Morgan fingerprint density at radius 2 is 0.914 bits per heavy atom. The van der Waals surface area contributed by atoms with Crippen LogP contribution in [0.2, 0.25) is 0 Å². The second-order valence-corrected chi connectivity index (χ2v) is 15.2. The molecule has 9 heteroatoms. The van der Waals surface area contributed by atoms with Gasteiger partial charge in [0.05, 0.1) is 26.4 Å². The van der Waals surface area contributed by atoms with Gasteiger partial charge in [0.2, 0.25) is 0 Å². The Kier molecular flexibility index (Phi) is 12.7. The van der Waals surface area contributed by atoms with E-state index < -0.39 is 0 Å². The lowest BCUT2D eigenvalue weighted by Crippen LogP contribution is -2.37. The molecular weight excluding hydrogens is 792 g/mol. The highest BCUT2D eigenvalue weighted by atomic mass is 79.9. The lowest BCUT2D eigenvalue weighted by molar-refractivity contribution is -0.704. The molecule has 0 aliphatic carbocycles. The first kappa shape index (κ1) is 39.2. The number of halogens is 1. The lowest BCUT2D eigenvalue weighted by atomic mass is 10.0. The summed E-state index contributed by atoms with van der Waals surface area (Å²) >= 11 is 3.99. The zero-order valence-electron chi connectivity index (χ0n) is 33.0. The van der Waals surface area contributed by atoms with E-state index >= 15 is 0 Å². The molecule has 0 amide bonds. The summed E-state index contributed by atoms with van der Waals surface area (Å²) in [6.45, 7) is 9.70. The zero-order chi connectivity index (χ0) is 39.7. The molecule has 58 heavy (non-hydrogen) atoms. The molecule has 0 saturated carbocycles. The van der Waals surface area contributed by atoms with Crippen molar-refractivity contribution in [3.05, 3.63) is 172 Å². The van der Waals surface area contributed by atoms with Crippen LogP contribution in [0.3, 0.4) is 0 Å². The summed E-state index contributed by atoms with van der Waals surface area (Å²) in [6.07, 6.45) is 3.90. The van der Waals surface area contributed by atoms with Crippen molar-refractivity contribution in [3.63, 3.8) is 0 Å². The second-order valence-electron chi connectivity index (χ2n) is 14.5. The first-order valence-electron chi connectivity index (χ1n) is 19.8. The van der Waals surface area contributed by atoms with E-state index in [9.17, 15) is 0 Å². The highest BCUT2D eigenvalue weighted by Crippen LogP contribution is 2.26. The van der Waals surface area contributed by atoms with E-state index in [1.807, 2.05) is 60.7 Å². The molecule has 1 aromatic heterocycles. The number of nitrogens with zero attached hydrogens (tertiary/aromatic N) is 2. The van der Waals surface area contributed by atoms with Gasteiger partial charge in [0.25, 0.3) is 0 Å². The van der Waals surface area contributed by atoms with Crippen molar-refractivity contribution in [2.24, 2.45) is 0 Å². The fourth-order valence-corrected chi connectivity index (χ4v) is 7.87. The van der Waals surface area contributed by atoms with Gasteiger partial charge in [-0.25, -0.2) is 9.13 Å². The maximum absolute atomic E-state index is 6.16. The van der Waals surface area contributed by atoms with Crippen LogP contribution in [0.4, 0.5) is 0 Å². The fourth-order valence-electron chi connectivity index (χ4n) is 7.09. The van der Waals surface area contributed by atoms with Crippen LogP contribution >= 0.6 is 15.9 Å². The third kappa shape index (κ3) is 9.91. The third-order valence-electron chi connectivity index (χ3n) is 10.4. The molecule has 0 N–H and O–H groups in total. The molecule has 4 heterocycles. The molecule has 0 fully saturated rings. The first-order valence-corrected chi connectivity index (χ1v) is 20.5. The molecule has 8 nitrogen and oxygen atoms in total. The van der Waals surface area contributed by atoms with Crippen LogP contribution in [-0.4, -0.2) is 44.2 Å². The van der Waals surface area contributed by atoms with Gasteiger partial charge in [-0.05, 0) is 117 Å². The average Bonchev–Trinajstić information content (AvgIpc) is 3.44. The first-order chi connectivity index (χ1) is 28.4. The molecule has 0 spiro atoms. The Bertz CT molecular complexity index is 2340. The van der Waals surface area contributed by atoms with Gasteiger partial charge in [0.15, 0.2) is 0 Å². The standard InChI is InChI=1S/C49H48BrN2O6/c1-35-36(2)52-32-38-6-10-42-12-8-40(30-44(42)28-38)34-58-48-19-15-46(16-20-48)56-26-24-54-22-4-3-21-53-23-25-55-45-13-17-47(18-14-45)57-33-39-7-11-41-9-5-37(27-43(41)29-39)31-51(35)49(52)50/h3-20,27-30H,21-26,31-34H2,1-2H3/q+1. The minimum absolute atomic E-state index is 0.457. The quantitative estimate of drug-likeness (QED) is 0.112. The Morgan fingerprint density at radius 1 is 0.483 bits per heavy atom. The van der Waals surface area contributed by atoms with Gasteiger partial charge in [-0.3, -0.25) is 0 Å². The van der Waals surface area contributed by atoms with Gasteiger partial charge in [-0.2, -0.15) is 0 Å². The molecule has 0 atom stereocenters. The van der Waals surface area contributed by atoms with E-state index in [0.717, 1.165) is 51.9 Å². The summed E-state index contributed by atoms with van der Waals surface area (Å²) in [5, 5.41) is 4.79. The number of aromatic nitrogens is 2. The van der Waals surface area contributed by atoms with E-state index in [-0.39, 0.29) is 0 Å². The number of hydrogen-bond acceptors (Lipinski definition) is 6. The van der Waals surface area contributed by atoms with Crippen molar-refractivity contribution in [3.8, 4) is 23.0 Å². The monoisotopic (exact) mass is 839 g/mol. The maximum Gasteiger partial charge on any atom is 0.326 e. The molecule has 7 aromatic rings. The summed E-state index contributed by atoms with van der Waals surface area (Å²) in [6, 6.07) is 41.9. The van der Waals surface area contributed by atoms with Gasteiger partial charge in [0, 0.05) is 29.8 Å². The highest BCUT2D eigenvalue weighted by Gasteiger charge is 2.24. The van der Waals surface area contributed by atoms with Crippen LogP contribution in [0.15, 0.2) is 138 Å². The Balaban J connectivity index is 0.996. The third-order valence-corrected chi connectivity index (χ3v) is 11.3. The number of fused-ring (bicyclic) bond motifs is 2. The number of benzene rings is 6. The number of ether oxygens (including phenoxy) is 6. The summed E-state index contributed by atoms with van der Waals surface area (Å²) in [4.78, 5) is 0. The molecule has 6 aromatic carbocycles. The minimum atomic E-state index is 0.457. The molecular formula is C49H48BrN2O6+. The van der Waals surface area contributed by atoms with Crippen molar-refractivity contribution in [2.75, 3.05) is 39.6 Å². The van der Waals surface area contributed by atoms with Gasteiger partial charge in [0.1, 0.15) is 73.9 Å². The average molecular weight is 841 g/mol. The summed E-state index contributed by atoms with van der Waals surface area (Å²) < 4.78 is 41.1. The van der Waals surface area contributed by atoms with Gasteiger partial charge < -0.3 is 28.4 Å². The van der Waals surface area contributed by atoms with Crippen LogP contribution < -0.4 is 23.5 Å². The van der Waals surface area contributed by atoms with E-state index in [2.05, 4.69) is 112 Å². The van der Waals surface area contributed by atoms with Crippen molar-refractivity contribution >= 4 is 37.5 Å².